The summed E-state index contributed by atoms with van der Waals surface area (Å²) in [5.74, 6) is 1.59. The third-order valence-electron chi connectivity index (χ3n) is 2.40. The van der Waals surface area contributed by atoms with Crippen molar-refractivity contribution in [3.63, 3.8) is 0 Å². The first-order valence-electron chi connectivity index (χ1n) is 5.59. The van der Waals surface area contributed by atoms with E-state index >= 15 is 0 Å². The van der Waals surface area contributed by atoms with Gasteiger partial charge in [0.2, 0.25) is 0 Å². The summed E-state index contributed by atoms with van der Waals surface area (Å²) in [6, 6.07) is 9.67. The lowest BCUT2D eigenvalue weighted by Gasteiger charge is -2.17. The Labute approximate surface area is 107 Å². The molecule has 0 aromatic heterocycles. The predicted octanol–water partition coefficient (Wildman–Crippen LogP) is 3.78. The lowest BCUT2D eigenvalue weighted by atomic mass is 10.1. The van der Waals surface area contributed by atoms with Gasteiger partial charge in [-0.2, -0.15) is 0 Å². The van der Waals surface area contributed by atoms with Crippen molar-refractivity contribution in [1.82, 2.24) is 0 Å². The van der Waals surface area contributed by atoms with Gasteiger partial charge >= 0.3 is 0 Å². The van der Waals surface area contributed by atoms with Crippen molar-refractivity contribution in [3.8, 4) is 0 Å². The smallest absolute Gasteiger partial charge is 0.146 e. The molecule has 90 valence electrons. The molecule has 0 bridgehead atoms. The van der Waals surface area contributed by atoms with Crippen LogP contribution < -0.4 is 5.30 Å². The molecule has 0 heterocycles. The minimum Gasteiger partial charge on any atom is -0.354 e. The maximum Gasteiger partial charge on any atom is 0.146 e. The number of hydrogen-bond acceptors (Lipinski definition) is 2. The fourth-order valence-corrected chi connectivity index (χ4v) is 5.91. The first-order valence-corrected chi connectivity index (χ1v) is 9.93. The molecule has 0 aliphatic carbocycles. The largest absolute Gasteiger partial charge is 0.354 e. The zero-order valence-electron chi connectivity index (χ0n) is 9.80. The summed E-state index contributed by atoms with van der Waals surface area (Å²) in [6.07, 6.45) is 2.40. The SMILES string of the molecule is CCCC(C)CSP(O)(=S)c1ccccc1. The topological polar surface area (TPSA) is 20.2 Å². The van der Waals surface area contributed by atoms with Gasteiger partial charge in [-0.3, -0.25) is 0 Å². The molecule has 2 unspecified atom stereocenters. The maximum atomic E-state index is 10.3. The molecule has 1 N–H and O–H groups in total. The fourth-order valence-electron chi connectivity index (χ4n) is 1.50. The van der Waals surface area contributed by atoms with Crippen molar-refractivity contribution in [2.24, 2.45) is 5.92 Å². The Bertz CT molecular complexity index is 353. The van der Waals surface area contributed by atoms with Gasteiger partial charge in [0.05, 0.1) is 0 Å². The van der Waals surface area contributed by atoms with E-state index in [-0.39, 0.29) is 0 Å². The monoisotopic (exact) mass is 274 g/mol. The van der Waals surface area contributed by atoms with E-state index in [1.165, 1.54) is 12.8 Å². The zero-order valence-corrected chi connectivity index (χ0v) is 12.3. The van der Waals surface area contributed by atoms with E-state index in [1.807, 2.05) is 30.3 Å². The van der Waals surface area contributed by atoms with Crippen LogP contribution in [0.3, 0.4) is 0 Å². The van der Waals surface area contributed by atoms with Crippen LogP contribution in [0.15, 0.2) is 30.3 Å². The molecule has 1 rings (SSSR count). The van der Waals surface area contributed by atoms with E-state index in [9.17, 15) is 4.89 Å². The molecule has 0 amide bonds. The van der Waals surface area contributed by atoms with Crippen molar-refractivity contribution in [2.45, 2.75) is 26.7 Å². The zero-order chi connectivity index (χ0) is 12.0. The van der Waals surface area contributed by atoms with Crippen molar-refractivity contribution < 1.29 is 4.89 Å². The number of benzene rings is 1. The quantitative estimate of drug-likeness (QED) is 0.797. The summed E-state index contributed by atoms with van der Waals surface area (Å²) in [7, 11) is 0. The summed E-state index contributed by atoms with van der Waals surface area (Å²) in [6.45, 7) is 4.41. The highest BCUT2D eigenvalue weighted by Crippen LogP contribution is 2.54. The molecule has 0 aliphatic rings. The molecule has 1 aromatic carbocycles. The van der Waals surface area contributed by atoms with Gasteiger partial charge in [-0.1, -0.05) is 80.2 Å². The molecule has 0 radical (unpaired) electrons. The van der Waals surface area contributed by atoms with E-state index in [0.29, 0.717) is 5.92 Å². The van der Waals surface area contributed by atoms with Gasteiger partial charge in [-0.25, -0.2) is 0 Å². The second-order valence-electron chi connectivity index (χ2n) is 4.05. The highest BCUT2D eigenvalue weighted by molar-refractivity contribution is 8.71. The molecule has 16 heavy (non-hydrogen) atoms. The van der Waals surface area contributed by atoms with Crippen LogP contribution >= 0.6 is 16.8 Å². The lowest BCUT2D eigenvalue weighted by Crippen LogP contribution is -2.03. The Morgan fingerprint density at radius 3 is 2.56 bits per heavy atom. The van der Waals surface area contributed by atoms with Crippen LogP contribution in [0.25, 0.3) is 0 Å². The van der Waals surface area contributed by atoms with Gasteiger partial charge in [0.1, 0.15) is 5.47 Å². The van der Waals surface area contributed by atoms with Gasteiger partial charge in [0.15, 0.2) is 0 Å². The Morgan fingerprint density at radius 1 is 1.38 bits per heavy atom. The molecule has 1 nitrogen and oxygen atoms in total. The normalized spacial score (nSPS) is 16.7. The highest BCUT2D eigenvalue weighted by Gasteiger charge is 2.17. The summed E-state index contributed by atoms with van der Waals surface area (Å²) in [5, 5.41) is 0.915. The maximum absolute atomic E-state index is 10.3. The number of hydrogen-bond donors (Lipinski definition) is 1. The summed E-state index contributed by atoms with van der Waals surface area (Å²) in [4.78, 5) is 10.3. The number of rotatable bonds is 6. The molecule has 0 spiro atoms. The van der Waals surface area contributed by atoms with E-state index < -0.39 is 5.47 Å². The molecular weight excluding hydrogens is 255 g/mol. The van der Waals surface area contributed by atoms with E-state index in [0.717, 1.165) is 11.1 Å². The minimum absolute atomic E-state index is 0.633. The van der Waals surface area contributed by atoms with Gasteiger partial charge in [-0.15, -0.1) is 0 Å². The third kappa shape index (κ3) is 4.58. The average molecular weight is 274 g/mol. The van der Waals surface area contributed by atoms with Gasteiger partial charge < -0.3 is 4.89 Å². The second-order valence-corrected chi connectivity index (χ2v) is 10.8. The first kappa shape index (κ1) is 14.2. The van der Waals surface area contributed by atoms with Gasteiger partial charge in [-0.05, 0) is 5.92 Å². The molecule has 1 aromatic rings. The Kier molecular flexibility index (Phi) is 6.06. The van der Waals surface area contributed by atoms with Crippen molar-refractivity contribution in [3.05, 3.63) is 30.3 Å². The fraction of sp³-hybridized carbons (Fsp3) is 0.500. The third-order valence-corrected chi connectivity index (χ3v) is 8.13. The van der Waals surface area contributed by atoms with Crippen molar-refractivity contribution in [2.75, 3.05) is 5.75 Å². The lowest BCUT2D eigenvalue weighted by molar-refractivity contribution is 0.585. The molecule has 4 heteroatoms. The Hall–Kier alpha value is 0.180. The second kappa shape index (κ2) is 6.80. The van der Waals surface area contributed by atoms with Crippen LogP contribution in [-0.2, 0) is 11.8 Å². The molecule has 0 fully saturated rings. The van der Waals surface area contributed by atoms with E-state index in [2.05, 4.69) is 13.8 Å². The standard InChI is InChI=1S/C12H19OPS2/c1-3-7-11(2)10-16-14(13,15)12-8-5-4-6-9-12/h4-6,8-9,11H,3,7,10H2,1-2H3,(H,13,15). The summed E-state index contributed by atoms with van der Waals surface area (Å²) >= 11 is 6.90. The van der Waals surface area contributed by atoms with Crippen LogP contribution in [-0.4, -0.2) is 10.6 Å². The van der Waals surface area contributed by atoms with Crippen LogP contribution in [0.2, 0.25) is 0 Å². The molecule has 0 saturated heterocycles. The van der Waals surface area contributed by atoms with Crippen LogP contribution in [0, 0.1) is 5.92 Å². The van der Waals surface area contributed by atoms with E-state index in [4.69, 9.17) is 11.8 Å². The van der Waals surface area contributed by atoms with Gasteiger partial charge in [0.25, 0.3) is 0 Å². The molecule has 0 aliphatic heterocycles. The molecule has 0 saturated carbocycles. The van der Waals surface area contributed by atoms with Gasteiger partial charge in [0, 0.05) is 11.1 Å². The molecule has 2 atom stereocenters. The predicted molar refractivity (Wildman–Crippen MR) is 79.1 cm³/mol. The summed E-state index contributed by atoms with van der Waals surface area (Å²) < 4.78 is 0. The van der Waals surface area contributed by atoms with E-state index in [1.54, 1.807) is 11.4 Å². The summed E-state index contributed by atoms with van der Waals surface area (Å²) in [5.41, 5.74) is -2.37. The van der Waals surface area contributed by atoms with Crippen LogP contribution in [0.4, 0.5) is 0 Å². The molecular formula is C12H19OPS2. The first-order chi connectivity index (χ1) is 7.56. The Morgan fingerprint density at radius 2 is 2.00 bits per heavy atom. The minimum atomic E-state index is -2.37. The van der Waals surface area contributed by atoms with Crippen LogP contribution in [0.1, 0.15) is 26.7 Å². The van der Waals surface area contributed by atoms with Crippen molar-refractivity contribution >= 4 is 34.0 Å². The Balaban J connectivity index is 2.56. The highest BCUT2D eigenvalue weighted by atomic mass is 32.9. The average Bonchev–Trinajstić information content (AvgIpc) is 2.28. The van der Waals surface area contributed by atoms with Crippen molar-refractivity contribution in [1.29, 1.82) is 0 Å². The van der Waals surface area contributed by atoms with Crippen LogP contribution in [0.5, 0.6) is 0 Å².